The molecule has 2 aromatic rings. The second kappa shape index (κ2) is 5.83. The van der Waals surface area contributed by atoms with E-state index < -0.39 is 0 Å². The Morgan fingerprint density at radius 1 is 1.33 bits per heavy atom. The third-order valence-electron chi connectivity index (χ3n) is 2.97. The largest absolute Gasteiger partial charge is 0.323 e. The third kappa shape index (κ3) is 2.74. The summed E-state index contributed by atoms with van der Waals surface area (Å²) >= 11 is 7.59. The van der Waals surface area contributed by atoms with Gasteiger partial charge in [-0.15, -0.1) is 11.3 Å². The number of aryl methyl sites for hydroxylation is 1. The van der Waals surface area contributed by atoms with E-state index in [1.807, 2.05) is 11.4 Å². The van der Waals surface area contributed by atoms with E-state index >= 15 is 0 Å². The van der Waals surface area contributed by atoms with E-state index in [2.05, 4.69) is 13.0 Å². The molecule has 0 bridgehead atoms. The van der Waals surface area contributed by atoms with Gasteiger partial charge in [0, 0.05) is 10.9 Å². The van der Waals surface area contributed by atoms with Crippen LogP contribution in [0, 0.1) is 5.82 Å². The Labute approximate surface area is 115 Å². The van der Waals surface area contributed by atoms with Crippen LogP contribution in [0.4, 0.5) is 4.39 Å². The minimum atomic E-state index is -0.386. The van der Waals surface area contributed by atoms with E-state index in [1.165, 1.54) is 11.6 Å². The fraction of sp³-hybridized carbons (Fsp3) is 0.286. The van der Waals surface area contributed by atoms with Crippen molar-refractivity contribution in [1.29, 1.82) is 0 Å². The van der Waals surface area contributed by atoms with Crippen LogP contribution in [0.1, 0.15) is 29.0 Å². The SMILES string of the molecule is CCc1ccsc1C(N)Cc1cccc(F)c1Cl. The number of rotatable bonds is 4. The summed E-state index contributed by atoms with van der Waals surface area (Å²) in [6, 6.07) is 6.81. The second-order valence-electron chi connectivity index (χ2n) is 4.19. The van der Waals surface area contributed by atoms with Crippen LogP contribution in [0.15, 0.2) is 29.6 Å². The highest BCUT2D eigenvalue weighted by atomic mass is 35.5. The minimum absolute atomic E-state index is 0.126. The highest BCUT2D eigenvalue weighted by Crippen LogP contribution is 2.29. The van der Waals surface area contributed by atoms with Crippen LogP contribution in [0.2, 0.25) is 5.02 Å². The van der Waals surface area contributed by atoms with Gasteiger partial charge in [-0.2, -0.15) is 0 Å². The monoisotopic (exact) mass is 283 g/mol. The summed E-state index contributed by atoms with van der Waals surface area (Å²) in [5, 5.41) is 2.23. The van der Waals surface area contributed by atoms with Gasteiger partial charge in [-0.1, -0.05) is 30.7 Å². The molecule has 96 valence electrons. The molecule has 1 nitrogen and oxygen atoms in total. The molecule has 2 N–H and O–H groups in total. The molecule has 1 aromatic heterocycles. The Balaban J connectivity index is 2.21. The maximum atomic E-state index is 13.3. The maximum Gasteiger partial charge on any atom is 0.142 e. The Morgan fingerprint density at radius 2 is 2.11 bits per heavy atom. The van der Waals surface area contributed by atoms with Gasteiger partial charge in [0.2, 0.25) is 0 Å². The lowest BCUT2D eigenvalue weighted by Gasteiger charge is -2.13. The summed E-state index contributed by atoms with van der Waals surface area (Å²) in [4.78, 5) is 1.16. The normalized spacial score (nSPS) is 12.7. The molecule has 1 heterocycles. The van der Waals surface area contributed by atoms with Gasteiger partial charge in [0.1, 0.15) is 5.82 Å². The number of benzene rings is 1. The molecule has 0 saturated heterocycles. The van der Waals surface area contributed by atoms with Gasteiger partial charge in [-0.3, -0.25) is 0 Å². The number of thiophene rings is 1. The average molecular weight is 284 g/mol. The predicted octanol–water partition coefficient (Wildman–Crippen LogP) is 4.35. The molecule has 1 aromatic carbocycles. The van der Waals surface area contributed by atoms with E-state index in [-0.39, 0.29) is 16.9 Å². The zero-order valence-corrected chi connectivity index (χ0v) is 11.7. The second-order valence-corrected chi connectivity index (χ2v) is 5.51. The molecule has 0 saturated carbocycles. The van der Waals surface area contributed by atoms with Crippen molar-refractivity contribution in [2.75, 3.05) is 0 Å². The van der Waals surface area contributed by atoms with Crippen LogP contribution in [-0.4, -0.2) is 0 Å². The first-order valence-corrected chi connectivity index (χ1v) is 7.14. The van der Waals surface area contributed by atoms with Crippen molar-refractivity contribution in [2.45, 2.75) is 25.8 Å². The van der Waals surface area contributed by atoms with Gasteiger partial charge < -0.3 is 5.73 Å². The lowest BCUT2D eigenvalue weighted by molar-refractivity contribution is 0.623. The van der Waals surface area contributed by atoms with Crippen LogP contribution in [0.25, 0.3) is 0 Å². The van der Waals surface area contributed by atoms with Gasteiger partial charge in [0.05, 0.1) is 5.02 Å². The zero-order chi connectivity index (χ0) is 13.1. The van der Waals surface area contributed by atoms with Crippen LogP contribution in [-0.2, 0) is 12.8 Å². The molecule has 0 spiro atoms. The number of nitrogens with two attached hydrogens (primary N) is 1. The van der Waals surface area contributed by atoms with Crippen LogP contribution in [0.5, 0.6) is 0 Å². The highest BCUT2D eigenvalue weighted by Gasteiger charge is 2.15. The summed E-state index contributed by atoms with van der Waals surface area (Å²) in [5.74, 6) is -0.386. The molecule has 0 fully saturated rings. The fourth-order valence-corrected chi connectivity index (χ4v) is 3.20. The molecule has 0 aliphatic rings. The maximum absolute atomic E-state index is 13.3. The predicted molar refractivity (Wildman–Crippen MR) is 75.7 cm³/mol. The van der Waals surface area contributed by atoms with E-state index in [1.54, 1.807) is 17.4 Å². The molecular formula is C14H15ClFNS. The topological polar surface area (TPSA) is 26.0 Å². The zero-order valence-electron chi connectivity index (χ0n) is 10.1. The number of hydrogen-bond donors (Lipinski definition) is 1. The third-order valence-corrected chi connectivity index (χ3v) is 4.48. The summed E-state index contributed by atoms with van der Waals surface area (Å²) in [7, 11) is 0. The molecule has 1 unspecified atom stereocenters. The van der Waals surface area contributed by atoms with Crippen molar-refractivity contribution in [3.63, 3.8) is 0 Å². The van der Waals surface area contributed by atoms with Gasteiger partial charge in [-0.25, -0.2) is 4.39 Å². The first-order valence-electron chi connectivity index (χ1n) is 5.88. The summed E-state index contributed by atoms with van der Waals surface area (Å²) in [5.41, 5.74) is 8.22. The van der Waals surface area contributed by atoms with E-state index in [0.717, 1.165) is 16.9 Å². The fourth-order valence-electron chi connectivity index (χ4n) is 2.00. The van der Waals surface area contributed by atoms with Crippen molar-refractivity contribution < 1.29 is 4.39 Å². The molecule has 1 atom stereocenters. The Kier molecular flexibility index (Phi) is 4.38. The lowest BCUT2D eigenvalue weighted by atomic mass is 10.0. The molecule has 0 amide bonds. The molecule has 2 rings (SSSR count). The van der Waals surface area contributed by atoms with Gasteiger partial charge in [-0.05, 0) is 41.5 Å². The van der Waals surface area contributed by atoms with Gasteiger partial charge in [0.25, 0.3) is 0 Å². The van der Waals surface area contributed by atoms with Crippen molar-refractivity contribution in [3.8, 4) is 0 Å². The summed E-state index contributed by atoms with van der Waals surface area (Å²) in [6.07, 6.45) is 1.52. The average Bonchev–Trinajstić information content (AvgIpc) is 2.83. The Bertz CT molecular complexity index is 538. The molecule has 4 heteroatoms. The van der Waals surface area contributed by atoms with Crippen LogP contribution < -0.4 is 5.73 Å². The van der Waals surface area contributed by atoms with Gasteiger partial charge >= 0.3 is 0 Å². The molecule has 0 radical (unpaired) electrons. The van der Waals surface area contributed by atoms with Gasteiger partial charge in [0.15, 0.2) is 0 Å². The molecule has 18 heavy (non-hydrogen) atoms. The standard InChI is InChI=1S/C14H15ClFNS/c1-2-9-6-7-18-14(9)12(17)8-10-4-3-5-11(16)13(10)15/h3-7,12H,2,8,17H2,1H3. The van der Waals surface area contributed by atoms with Crippen molar-refractivity contribution in [2.24, 2.45) is 5.73 Å². The Hall–Kier alpha value is -0.900. The number of halogens is 2. The van der Waals surface area contributed by atoms with Crippen LogP contribution in [0.3, 0.4) is 0 Å². The molecule has 0 aliphatic carbocycles. The van der Waals surface area contributed by atoms with E-state index in [4.69, 9.17) is 17.3 Å². The summed E-state index contributed by atoms with van der Waals surface area (Å²) < 4.78 is 13.3. The van der Waals surface area contributed by atoms with Crippen molar-refractivity contribution in [1.82, 2.24) is 0 Å². The smallest absolute Gasteiger partial charge is 0.142 e. The van der Waals surface area contributed by atoms with E-state index in [9.17, 15) is 4.39 Å². The first-order chi connectivity index (χ1) is 8.63. The van der Waals surface area contributed by atoms with E-state index in [0.29, 0.717) is 6.42 Å². The number of hydrogen-bond acceptors (Lipinski definition) is 2. The molecular weight excluding hydrogens is 269 g/mol. The minimum Gasteiger partial charge on any atom is -0.323 e. The van der Waals surface area contributed by atoms with Crippen LogP contribution >= 0.6 is 22.9 Å². The van der Waals surface area contributed by atoms with Crippen molar-refractivity contribution in [3.05, 3.63) is 56.5 Å². The highest BCUT2D eigenvalue weighted by molar-refractivity contribution is 7.10. The quantitative estimate of drug-likeness (QED) is 0.887. The summed E-state index contributed by atoms with van der Waals surface area (Å²) in [6.45, 7) is 2.10. The van der Waals surface area contributed by atoms with Crippen molar-refractivity contribution >= 4 is 22.9 Å². The Morgan fingerprint density at radius 3 is 2.83 bits per heavy atom. The lowest BCUT2D eigenvalue weighted by Crippen LogP contribution is -2.13. The first kappa shape index (κ1) is 13.5. The molecule has 0 aliphatic heterocycles.